The molecule has 0 aromatic rings. The van der Waals surface area contributed by atoms with Crippen LogP contribution in [0.5, 0.6) is 0 Å². The van der Waals surface area contributed by atoms with Crippen molar-refractivity contribution in [2.45, 2.75) is 20.8 Å². The Hall–Kier alpha value is -1.52. The molecule has 16 heavy (non-hydrogen) atoms. The summed E-state index contributed by atoms with van der Waals surface area (Å²) in [5.41, 5.74) is -1.16. The summed E-state index contributed by atoms with van der Waals surface area (Å²) in [6.45, 7) is 9.45. The highest BCUT2D eigenvalue weighted by molar-refractivity contribution is 5.79. The summed E-state index contributed by atoms with van der Waals surface area (Å²) in [5.74, 6) is -0.286. The molecule has 0 aliphatic heterocycles. The molecule has 0 saturated heterocycles. The summed E-state index contributed by atoms with van der Waals surface area (Å²) >= 11 is 0. The van der Waals surface area contributed by atoms with Crippen LogP contribution in [0.25, 0.3) is 0 Å². The highest BCUT2D eigenvalue weighted by Gasteiger charge is 2.40. The maximum absolute atomic E-state index is 11.7. The first kappa shape index (κ1) is 14.5. The van der Waals surface area contributed by atoms with Gasteiger partial charge in [0.25, 0.3) is 6.47 Å². The van der Waals surface area contributed by atoms with E-state index in [9.17, 15) is 9.59 Å². The van der Waals surface area contributed by atoms with E-state index in [1.165, 1.54) is 0 Å². The number of carbonyl (C=O) groups excluding carboxylic acids is 2. The van der Waals surface area contributed by atoms with Crippen LogP contribution in [-0.4, -0.2) is 32.3 Å². The van der Waals surface area contributed by atoms with E-state index in [4.69, 9.17) is 9.47 Å². The largest absolute Gasteiger partial charge is 0.498 e. The third-order valence-corrected chi connectivity index (χ3v) is 2.10. The van der Waals surface area contributed by atoms with E-state index in [-0.39, 0.29) is 25.4 Å². The average Bonchev–Trinajstić information content (AvgIpc) is 2.26. The monoisotopic (exact) mass is 230 g/mol. The van der Waals surface area contributed by atoms with Gasteiger partial charge in [-0.15, -0.1) is 0 Å². The van der Waals surface area contributed by atoms with Crippen molar-refractivity contribution in [3.63, 3.8) is 0 Å². The Kier molecular flexibility index (Phi) is 6.22. The fraction of sp³-hybridized carbons (Fsp3) is 0.636. The normalized spacial score (nSPS) is 13.4. The lowest BCUT2D eigenvalue weighted by molar-refractivity contribution is -0.159. The number of ether oxygens (including phenoxy) is 3. The van der Waals surface area contributed by atoms with Crippen molar-refractivity contribution in [2.24, 2.45) is 5.41 Å². The molecule has 5 nitrogen and oxygen atoms in total. The summed E-state index contributed by atoms with van der Waals surface area (Å²) in [4.78, 5) is 21.9. The fourth-order valence-electron chi connectivity index (χ4n) is 1.08. The molecule has 0 aromatic carbocycles. The van der Waals surface area contributed by atoms with E-state index < -0.39 is 11.4 Å². The molecule has 0 N–H and O–H groups in total. The smallest absolute Gasteiger partial charge is 0.322 e. The van der Waals surface area contributed by atoms with Crippen LogP contribution in [0.3, 0.4) is 0 Å². The number of carbonyl (C=O) groups is 2. The third-order valence-electron chi connectivity index (χ3n) is 2.10. The summed E-state index contributed by atoms with van der Waals surface area (Å²) in [6, 6.07) is 0. The first-order valence-electron chi connectivity index (χ1n) is 5.07. The molecule has 5 heteroatoms. The van der Waals surface area contributed by atoms with Crippen molar-refractivity contribution < 1.29 is 23.8 Å². The summed E-state index contributed by atoms with van der Waals surface area (Å²) < 4.78 is 14.7. The predicted molar refractivity (Wildman–Crippen MR) is 57.5 cm³/mol. The van der Waals surface area contributed by atoms with Crippen LogP contribution in [0.1, 0.15) is 20.8 Å². The average molecular weight is 230 g/mol. The van der Waals surface area contributed by atoms with E-state index >= 15 is 0 Å². The topological polar surface area (TPSA) is 61.8 Å². The van der Waals surface area contributed by atoms with E-state index in [0.29, 0.717) is 6.61 Å². The minimum Gasteiger partial charge on any atom is -0.498 e. The van der Waals surface area contributed by atoms with Gasteiger partial charge in [0.15, 0.2) is 5.41 Å². The molecule has 0 aliphatic rings. The van der Waals surface area contributed by atoms with E-state index in [2.05, 4.69) is 11.3 Å². The summed E-state index contributed by atoms with van der Waals surface area (Å²) in [5, 5.41) is 0. The van der Waals surface area contributed by atoms with Crippen LogP contribution < -0.4 is 0 Å². The summed E-state index contributed by atoms with van der Waals surface area (Å²) in [6.07, 6.45) is 0. The van der Waals surface area contributed by atoms with E-state index in [1.54, 1.807) is 20.8 Å². The number of esters is 1. The second-order valence-electron chi connectivity index (χ2n) is 3.32. The van der Waals surface area contributed by atoms with Gasteiger partial charge in [0.2, 0.25) is 0 Å². The van der Waals surface area contributed by atoms with E-state index in [1.807, 2.05) is 0 Å². The van der Waals surface area contributed by atoms with Crippen molar-refractivity contribution in [3.8, 4) is 0 Å². The van der Waals surface area contributed by atoms with Gasteiger partial charge in [-0.2, -0.15) is 0 Å². The molecule has 0 radical (unpaired) electrons. The van der Waals surface area contributed by atoms with Crippen LogP contribution in [0.2, 0.25) is 0 Å². The minimum absolute atomic E-state index is 0.145. The second kappa shape index (κ2) is 6.87. The standard InChI is InChI=1S/C11H18O5/c1-5-15-9(3)11(4,7-14-8-12)10(13)16-6-2/h8H,3,5-7H2,1-2,4H3. The van der Waals surface area contributed by atoms with Gasteiger partial charge in [0.05, 0.1) is 13.2 Å². The Morgan fingerprint density at radius 2 is 1.88 bits per heavy atom. The lowest BCUT2D eigenvalue weighted by Gasteiger charge is -2.27. The molecule has 1 atom stereocenters. The molecule has 0 bridgehead atoms. The lowest BCUT2D eigenvalue weighted by Crippen LogP contribution is -2.37. The van der Waals surface area contributed by atoms with Gasteiger partial charge >= 0.3 is 5.97 Å². The van der Waals surface area contributed by atoms with Gasteiger partial charge in [-0.05, 0) is 20.8 Å². The molecule has 0 spiro atoms. The van der Waals surface area contributed by atoms with Crippen LogP contribution in [0, 0.1) is 5.41 Å². The Morgan fingerprint density at radius 3 is 2.31 bits per heavy atom. The SMILES string of the molecule is C=C(OCC)C(C)(COC=O)C(=O)OCC. The molecule has 92 valence electrons. The fourth-order valence-corrected chi connectivity index (χ4v) is 1.08. The zero-order valence-corrected chi connectivity index (χ0v) is 9.95. The number of hydrogen-bond acceptors (Lipinski definition) is 5. The van der Waals surface area contributed by atoms with Crippen molar-refractivity contribution in [2.75, 3.05) is 19.8 Å². The zero-order chi connectivity index (χ0) is 12.6. The predicted octanol–water partition coefficient (Wildman–Crippen LogP) is 1.28. The van der Waals surface area contributed by atoms with Crippen LogP contribution in [-0.2, 0) is 23.8 Å². The Labute approximate surface area is 95.4 Å². The zero-order valence-electron chi connectivity index (χ0n) is 9.95. The highest BCUT2D eigenvalue weighted by Crippen LogP contribution is 2.28. The van der Waals surface area contributed by atoms with E-state index in [0.717, 1.165) is 0 Å². The molecular weight excluding hydrogens is 212 g/mol. The van der Waals surface area contributed by atoms with Gasteiger partial charge in [0.1, 0.15) is 12.4 Å². The maximum Gasteiger partial charge on any atom is 0.322 e. The first-order chi connectivity index (χ1) is 7.52. The molecule has 0 aromatic heterocycles. The third kappa shape index (κ3) is 3.56. The van der Waals surface area contributed by atoms with Gasteiger partial charge in [-0.3, -0.25) is 9.59 Å². The minimum atomic E-state index is -1.16. The van der Waals surface area contributed by atoms with Crippen LogP contribution in [0.4, 0.5) is 0 Å². The molecule has 0 heterocycles. The molecule has 1 unspecified atom stereocenters. The van der Waals surface area contributed by atoms with Gasteiger partial charge in [-0.1, -0.05) is 6.58 Å². The number of rotatable bonds is 8. The maximum atomic E-state index is 11.7. The van der Waals surface area contributed by atoms with Crippen molar-refractivity contribution in [1.82, 2.24) is 0 Å². The second-order valence-corrected chi connectivity index (χ2v) is 3.32. The molecule has 0 aliphatic carbocycles. The van der Waals surface area contributed by atoms with Crippen molar-refractivity contribution in [1.29, 1.82) is 0 Å². The quantitative estimate of drug-likeness (QED) is 0.357. The first-order valence-corrected chi connectivity index (χ1v) is 5.07. The Morgan fingerprint density at radius 1 is 1.31 bits per heavy atom. The van der Waals surface area contributed by atoms with Crippen LogP contribution in [0.15, 0.2) is 12.3 Å². The molecule has 0 saturated carbocycles. The van der Waals surface area contributed by atoms with Crippen molar-refractivity contribution >= 4 is 12.4 Å². The summed E-state index contributed by atoms with van der Waals surface area (Å²) in [7, 11) is 0. The van der Waals surface area contributed by atoms with Gasteiger partial charge in [0, 0.05) is 0 Å². The molecular formula is C11H18O5. The van der Waals surface area contributed by atoms with Gasteiger partial charge in [-0.25, -0.2) is 0 Å². The number of hydrogen-bond donors (Lipinski definition) is 0. The molecule has 0 amide bonds. The Bertz CT molecular complexity index is 241. The Balaban J connectivity index is 4.78. The van der Waals surface area contributed by atoms with Crippen molar-refractivity contribution in [3.05, 3.63) is 12.3 Å². The van der Waals surface area contributed by atoms with Crippen LogP contribution >= 0.6 is 0 Å². The lowest BCUT2D eigenvalue weighted by atomic mass is 9.90. The molecule has 0 fully saturated rings. The highest BCUT2D eigenvalue weighted by atomic mass is 16.6. The van der Waals surface area contributed by atoms with Gasteiger partial charge < -0.3 is 14.2 Å². The molecule has 0 rings (SSSR count).